The van der Waals surface area contributed by atoms with Gasteiger partial charge in [-0.25, -0.2) is 4.79 Å². The Hall–Kier alpha value is -0.990. The number of hydrogen-bond acceptors (Lipinski definition) is 2. The van der Waals surface area contributed by atoms with Gasteiger partial charge in [-0.15, -0.1) is 0 Å². The van der Waals surface area contributed by atoms with Gasteiger partial charge in [-0.1, -0.05) is 12.2 Å². The van der Waals surface area contributed by atoms with Crippen LogP contribution in [-0.4, -0.2) is 29.7 Å². The SMILES string of the molecule is CC(C)(C)OC(=O)N1CC/C=C\CCCC1. The molecule has 0 aromatic rings. The molecule has 0 radical (unpaired) electrons. The topological polar surface area (TPSA) is 29.5 Å². The van der Waals surface area contributed by atoms with E-state index in [0.717, 1.165) is 38.8 Å². The van der Waals surface area contributed by atoms with E-state index in [1.807, 2.05) is 25.7 Å². The largest absolute Gasteiger partial charge is 0.444 e. The smallest absolute Gasteiger partial charge is 0.410 e. The van der Waals surface area contributed by atoms with E-state index < -0.39 is 5.60 Å². The molecule has 0 saturated heterocycles. The van der Waals surface area contributed by atoms with Crippen LogP contribution in [0, 0.1) is 0 Å². The lowest BCUT2D eigenvalue weighted by Crippen LogP contribution is -2.37. The van der Waals surface area contributed by atoms with Gasteiger partial charge in [-0.2, -0.15) is 0 Å². The van der Waals surface area contributed by atoms with E-state index in [0.29, 0.717) is 0 Å². The van der Waals surface area contributed by atoms with Crippen LogP contribution >= 0.6 is 0 Å². The summed E-state index contributed by atoms with van der Waals surface area (Å²) >= 11 is 0. The summed E-state index contributed by atoms with van der Waals surface area (Å²) in [6, 6.07) is 0. The van der Waals surface area contributed by atoms with Crippen molar-refractivity contribution in [1.29, 1.82) is 0 Å². The fourth-order valence-corrected chi connectivity index (χ4v) is 1.65. The quantitative estimate of drug-likeness (QED) is 0.592. The summed E-state index contributed by atoms with van der Waals surface area (Å²) in [5.74, 6) is 0. The van der Waals surface area contributed by atoms with Crippen molar-refractivity contribution >= 4 is 6.09 Å². The molecular formula is C13H23NO2. The number of carbonyl (C=O) groups is 1. The van der Waals surface area contributed by atoms with E-state index in [1.54, 1.807) is 0 Å². The van der Waals surface area contributed by atoms with E-state index in [-0.39, 0.29) is 6.09 Å². The summed E-state index contributed by atoms with van der Waals surface area (Å²) in [6.45, 7) is 7.30. The molecule has 0 unspecified atom stereocenters. The molecule has 1 aliphatic heterocycles. The first-order chi connectivity index (χ1) is 7.49. The number of carbonyl (C=O) groups excluding carboxylic acids is 1. The van der Waals surface area contributed by atoms with Crippen molar-refractivity contribution in [2.24, 2.45) is 0 Å². The highest BCUT2D eigenvalue weighted by Crippen LogP contribution is 2.12. The van der Waals surface area contributed by atoms with Crippen molar-refractivity contribution in [2.45, 2.75) is 52.1 Å². The Balaban J connectivity index is 2.49. The second-order valence-corrected chi connectivity index (χ2v) is 5.22. The second kappa shape index (κ2) is 5.92. The Bertz CT molecular complexity index is 253. The number of nitrogens with zero attached hydrogens (tertiary/aromatic N) is 1. The molecule has 0 aromatic heterocycles. The minimum Gasteiger partial charge on any atom is -0.444 e. The fraction of sp³-hybridized carbons (Fsp3) is 0.769. The van der Waals surface area contributed by atoms with Crippen molar-refractivity contribution < 1.29 is 9.53 Å². The third kappa shape index (κ3) is 5.19. The average Bonchev–Trinajstić information content (AvgIpc) is 2.27. The van der Waals surface area contributed by atoms with E-state index in [2.05, 4.69) is 12.2 Å². The highest BCUT2D eigenvalue weighted by molar-refractivity contribution is 5.68. The van der Waals surface area contributed by atoms with Crippen molar-refractivity contribution in [3.05, 3.63) is 12.2 Å². The summed E-state index contributed by atoms with van der Waals surface area (Å²) in [4.78, 5) is 13.7. The second-order valence-electron chi connectivity index (χ2n) is 5.22. The zero-order valence-electron chi connectivity index (χ0n) is 10.7. The van der Waals surface area contributed by atoms with Gasteiger partial charge in [0.25, 0.3) is 0 Å². The number of allylic oxidation sites excluding steroid dienone is 1. The molecule has 16 heavy (non-hydrogen) atoms. The van der Waals surface area contributed by atoms with Crippen molar-refractivity contribution in [2.75, 3.05) is 13.1 Å². The van der Waals surface area contributed by atoms with Crippen LogP contribution in [0.25, 0.3) is 0 Å². The summed E-state index contributed by atoms with van der Waals surface area (Å²) in [7, 11) is 0. The van der Waals surface area contributed by atoms with Crippen LogP contribution in [-0.2, 0) is 4.74 Å². The molecular weight excluding hydrogens is 202 g/mol. The van der Waals surface area contributed by atoms with E-state index in [4.69, 9.17) is 4.74 Å². The van der Waals surface area contributed by atoms with Gasteiger partial charge in [0.1, 0.15) is 5.60 Å². The molecule has 0 saturated carbocycles. The van der Waals surface area contributed by atoms with Crippen LogP contribution in [0.2, 0.25) is 0 Å². The Kier molecular flexibility index (Phi) is 4.84. The first-order valence-electron chi connectivity index (χ1n) is 6.12. The van der Waals surface area contributed by atoms with Gasteiger partial charge in [0.15, 0.2) is 0 Å². The molecule has 0 N–H and O–H groups in total. The standard InChI is InChI=1S/C13H23NO2/c1-13(2,3)16-12(15)14-10-8-6-4-5-7-9-11-14/h4,6H,5,7-11H2,1-3H3/b6-4-. The van der Waals surface area contributed by atoms with Crippen LogP contribution < -0.4 is 0 Å². The van der Waals surface area contributed by atoms with Crippen LogP contribution in [0.3, 0.4) is 0 Å². The van der Waals surface area contributed by atoms with E-state index in [1.165, 1.54) is 0 Å². The maximum absolute atomic E-state index is 11.9. The predicted octanol–water partition coefficient (Wildman–Crippen LogP) is 3.35. The van der Waals surface area contributed by atoms with Gasteiger partial charge < -0.3 is 9.64 Å². The van der Waals surface area contributed by atoms with Gasteiger partial charge in [0.05, 0.1) is 0 Å². The zero-order chi connectivity index (χ0) is 12.0. The van der Waals surface area contributed by atoms with Gasteiger partial charge in [-0.05, 0) is 46.5 Å². The Labute approximate surface area is 98.5 Å². The maximum Gasteiger partial charge on any atom is 0.410 e. The van der Waals surface area contributed by atoms with Crippen LogP contribution in [0.5, 0.6) is 0 Å². The molecule has 0 spiro atoms. The summed E-state index contributed by atoms with van der Waals surface area (Å²) < 4.78 is 5.38. The van der Waals surface area contributed by atoms with Gasteiger partial charge in [0, 0.05) is 13.1 Å². The third-order valence-corrected chi connectivity index (χ3v) is 2.43. The van der Waals surface area contributed by atoms with Crippen molar-refractivity contribution in [3.8, 4) is 0 Å². The molecule has 3 heteroatoms. The fourth-order valence-electron chi connectivity index (χ4n) is 1.65. The zero-order valence-corrected chi connectivity index (χ0v) is 10.7. The Morgan fingerprint density at radius 1 is 1.12 bits per heavy atom. The highest BCUT2D eigenvalue weighted by Gasteiger charge is 2.21. The Morgan fingerprint density at radius 2 is 1.81 bits per heavy atom. The van der Waals surface area contributed by atoms with Crippen LogP contribution in [0.1, 0.15) is 46.5 Å². The molecule has 3 nitrogen and oxygen atoms in total. The lowest BCUT2D eigenvalue weighted by Gasteiger charge is -2.27. The van der Waals surface area contributed by atoms with Crippen molar-refractivity contribution in [1.82, 2.24) is 4.90 Å². The normalized spacial score (nSPS) is 20.6. The predicted molar refractivity (Wildman–Crippen MR) is 65.4 cm³/mol. The maximum atomic E-state index is 11.9. The number of rotatable bonds is 0. The number of hydrogen-bond donors (Lipinski definition) is 0. The molecule has 0 fully saturated rings. The molecule has 1 heterocycles. The first kappa shape index (κ1) is 13.1. The number of ether oxygens (including phenoxy) is 1. The molecule has 92 valence electrons. The molecule has 0 atom stereocenters. The van der Waals surface area contributed by atoms with Gasteiger partial charge >= 0.3 is 6.09 Å². The van der Waals surface area contributed by atoms with E-state index in [9.17, 15) is 4.79 Å². The number of amides is 1. The Morgan fingerprint density at radius 3 is 2.50 bits per heavy atom. The van der Waals surface area contributed by atoms with E-state index >= 15 is 0 Å². The molecule has 1 amide bonds. The third-order valence-electron chi connectivity index (χ3n) is 2.43. The highest BCUT2D eigenvalue weighted by atomic mass is 16.6. The van der Waals surface area contributed by atoms with Gasteiger partial charge in [0.2, 0.25) is 0 Å². The van der Waals surface area contributed by atoms with Crippen LogP contribution in [0.4, 0.5) is 4.79 Å². The molecule has 1 rings (SSSR count). The summed E-state index contributed by atoms with van der Waals surface area (Å²) in [5.41, 5.74) is -0.397. The monoisotopic (exact) mass is 225 g/mol. The minimum absolute atomic E-state index is 0.178. The summed E-state index contributed by atoms with van der Waals surface area (Å²) in [5, 5.41) is 0. The molecule has 1 aliphatic rings. The average molecular weight is 225 g/mol. The molecule has 0 aliphatic carbocycles. The van der Waals surface area contributed by atoms with Crippen LogP contribution in [0.15, 0.2) is 12.2 Å². The van der Waals surface area contributed by atoms with Crippen molar-refractivity contribution in [3.63, 3.8) is 0 Å². The first-order valence-corrected chi connectivity index (χ1v) is 6.12. The summed E-state index contributed by atoms with van der Waals surface area (Å²) in [6.07, 6.45) is 8.45. The molecule has 0 bridgehead atoms. The lowest BCUT2D eigenvalue weighted by atomic mass is 10.2. The van der Waals surface area contributed by atoms with Gasteiger partial charge in [-0.3, -0.25) is 0 Å². The lowest BCUT2D eigenvalue weighted by molar-refractivity contribution is 0.0251. The molecule has 0 aromatic carbocycles. The minimum atomic E-state index is -0.397.